The maximum absolute atomic E-state index is 4.58. The Hall–Kier alpha value is -1.15. The van der Waals surface area contributed by atoms with Crippen LogP contribution in [0.4, 0.5) is 0 Å². The Morgan fingerprint density at radius 2 is 1.86 bits per heavy atom. The standard InChI is InChI=1S/C19H29N7.2ClH/c1-2-26-18(13-25-7-3-6-21-25)22-23-19(26)14-4-8-24(9-5-14)12-17-15-10-20-11-16(15)17;;/h3,6-7,14-17,20H,2,4-5,8-13H2,1H3;2*1H/t15-,16+,17?;;. The van der Waals surface area contributed by atoms with Crippen LogP contribution in [0.25, 0.3) is 0 Å². The van der Waals surface area contributed by atoms with Gasteiger partial charge in [0.05, 0.1) is 0 Å². The van der Waals surface area contributed by atoms with E-state index in [9.17, 15) is 0 Å². The Morgan fingerprint density at radius 3 is 2.50 bits per heavy atom. The first-order valence-electron chi connectivity index (χ1n) is 10.2. The minimum atomic E-state index is 0. The molecule has 156 valence electrons. The molecule has 1 N–H and O–H groups in total. The number of nitrogens with one attached hydrogen (secondary N) is 1. The van der Waals surface area contributed by atoms with Crippen molar-refractivity contribution < 1.29 is 0 Å². The number of nitrogens with zero attached hydrogens (tertiary/aromatic N) is 6. The average Bonchev–Trinajstić information content (AvgIpc) is 3.18. The van der Waals surface area contributed by atoms with Crippen molar-refractivity contribution in [3.05, 3.63) is 30.1 Å². The van der Waals surface area contributed by atoms with Gasteiger partial charge in [0.15, 0.2) is 5.82 Å². The SMILES string of the molecule is CCn1c(Cn2cccn2)nnc1C1CCN(CC2[C@H]3CNC[C@@H]23)CC1.Cl.Cl. The second kappa shape index (κ2) is 9.11. The lowest BCUT2D eigenvalue weighted by molar-refractivity contribution is 0.193. The number of aromatic nitrogens is 5. The Kier molecular flexibility index (Phi) is 7.02. The minimum Gasteiger partial charge on any atom is -0.316 e. The lowest BCUT2D eigenvalue weighted by atomic mass is 9.95. The van der Waals surface area contributed by atoms with Crippen molar-refractivity contribution >= 4 is 24.8 Å². The van der Waals surface area contributed by atoms with E-state index in [4.69, 9.17) is 0 Å². The van der Waals surface area contributed by atoms with E-state index in [0.717, 1.165) is 30.1 Å². The summed E-state index contributed by atoms with van der Waals surface area (Å²) in [6.07, 6.45) is 6.21. The van der Waals surface area contributed by atoms with Crippen LogP contribution < -0.4 is 5.32 Å². The third kappa shape index (κ3) is 4.08. The van der Waals surface area contributed by atoms with Crippen LogP contribution >= 0.6 is 24.8 Å². The summed E-state index contributed by atoms with van der Waals surface area (Å²) in [6, 6.07) is 1.95. The van der Waals surface area contributed by atoms with Crippen molar-refractivity contribution in [1.29, 1.82) is 0 Å². The highest BCUT2D eigenvalue weighted by Gasteiger charge is 2.52. The predicted molar refractivity (Wildman–Crippen MR) is 113 cm³/mol. The first-order valence-corrected chi connectivity index (χ1v) is 10.2. The van der Waals surface area contributed by atoms with E-state index in [-0.39, 0.29) is 24.8 Å². The number of piperidine rings is 2. The normalized spacial score (nSPS) is 27.1. The lowest BCUT2D eigenvalue weighted by Gasteiger charge is -2.32. The van der Waals surface area contributed by atoms with Gasteiger partial charge in [0.25, 0.3) is 0 Å². The number of rotatable bonds is 6. The smallest absolute Gasteiger partial charge is 0.154 e. The topological polar surface area (TPSA) is 63.8 Å². The van der Waals surface area contributed by atoms with E-state index in [2.05, 4.69) is 37.0 Å². The summed E-state index contributed by atoms with van der Waals surface area (Å²) in [5, 5.41) is 16.9. The maximum Gasteiger partial charge on any atom is 0.154 e. The third-order valence-corrected chi connectivity index (χ3v) is 6.73. The molecule has 7 nitrogen and oxygen atoms in total. The van der Waals surface area contributed by atoms with Crippen LogP contribution in [0.3, 0.4) is 0 Å². The Morgan fingerprint density at radius 1 is 1.11 bits per heavy atom. The fraction of sp³-hybridized carbons (Fsp3) is 0.737. The summed E-state index contributed by atoms with van der Waals surface area (Å²) in [5.41, 5.74) is 0. The van der Waals surface area contributed by atoms with Crippen LogP contribution in [0.1, 0.15) is 37.3 Å². The molecule has 9 heteroatoms. The van der Waals surface area contributed by atoms with Crippen molar-refractivity contribution in [2.24, 2.45) is 17.8 Å². The molecule has 2 aromatic rings. The molecule has 5 rings (SSSR count). The van der Waals surface area contributed by atoms with Crippen molar-refractivity contribution in [2.45, 2.75) is 38.8 Å². The van der Waals surface area contributed by atoms with Gasteiger partial charge in [-0.2, -0.15) is 5.10 Å². The van der Waals surface area contributed by atoms with Gasteiger partial charge in [0.2, 0.25) is 0 Å². The fourth-order valence-electron chi connectivity index (χ4n) is 5.14. The molecule has 0 bridgehead atoms. The zero-order valence-corrected chi connectivity index (χ0v) is 18.0. The van der Waals surface area contributed by atoms with E-state index < -0.39 is 0 Å². The lowest BCUT2D eigenvalue weighted by Crippen LogP contribution is -2.36. The predicted octanol–water partition coefficient (Wildman–Crippen LogP) is 2.03. The number of hydrogen-bond donors (Lipinski definition) is 1. The summed E-state index contributed by atoms with van der Waals surface area (Å²) in [4.78, 5) is 2.69. The highest BCUT2D eigenvalue weighted by atomic mass is 35.5. The second-order valence-electron chi connectivity index (χ2n) is 8.15. The summed E-state index contributed by atoms with van der Waals surface area (Å²) in [7, 11) is 0. The minimum absolute atomic E-state index is 0. The van der Waals surface area contributed by atoms with Crippen LogP contribution in [0, 0.1) is 17.8 Å². The highest BCUT2D eigenvalue weighted by Crippen LogP contribution is 2.49. The van der Waals surface area contributed by atoms with Gasteiger partial charge in [-0.1, -0.05) is 0 Å². The van der Waals surface area contributed by atoms with Crippen molar-refractivity contribution in [1.82, 2.24) is 34.8 Å². The van der Waals surface area contributed by atoms with Crippen LogP contribution in [-0.4, -0.2) is 62.2 Å². The van der Waals surface area contributed by atoms with Crippen molar-refractivity contribution in [2.75, 3.05) is 32.7 Å². The highest BCUT2D eigenvalue weighted by molar-refractivity contribution is 5.85. The van der Waals surface area contributed by atoms with Crippen LogP contribution in [0.5, 0.6) is 0 Å². The summed E-state index contributed by atoms with van der Waals surface area (Å²) in [5.74, 6) is 5.66. The van der Waals surface area contributed by atoms with E-state index in [1.807, 2.05) is 23.1 Å². The van der Waals surface area contributed by atoms with Gasteiger partial charge < -0.3 is 14.8 Å². The molecule has 0 spiro atoms. The average molecular weight is 428 g/mol. The molecule has 28 heavy (non-hydrogen) atoms. The van der Waals surface area contributed by atoms with E-state index in [1.54, 1.807) is 0 Å². The largest absolute Gasteiger partial charge is 0.316 e. The Bertz CT molecular complexity index is 730. The molecule has 0 amide bonds. The van der Waals surface area contributed by atoms with Gasteiger partial charge in [-0.15, -0.1) is 35.0 Å². The molecule has 3 atom stereocenters. The van der Waals surface area contributed by atoms with Gasteiger partial charge in [-0.05, 0) is 69.8 Å². The van der Waals surface area contributed by atoms with E-state index in [1.165, 1.54) is 51.4 Å². The first-order chi connectivity index (χ1) is 12.8. The number of halogens is 2. The number of likely N-dealkylation sites (tertiary alicyclic amines) is 1. The fourth-order valence-corrected chi connectivity index (χ4v) is 5.14. The molecular weight excluding hydrogens is 397 g/mol. The molecule has 3 fully saturated rings. The zero-order valence-electron chi connectivity index (χ0n) is 16.4. The van der Waals surface area contributed by atoms with E-state index in [0.29, 0.717) is 12.5 Å². The monoisotopic (exact) mass is 427 g/mol. The van der Waals surface area contributed by atoms with Crippen molar-refractivity contribution in [3.63, 3.8) is 0 Å². The molecule has 0 radical (unpaired) electrons. The Balaban J connectivity index is 0.00000112. The van der Waals surface area contributed by atoms with Crippen LogP contribution in [0.15, 0.2) is 18.5 Å². The second-order valence-corrected chi connectivity index (χ2v) is 8.15. The zero-order chi connectivity index (χ0) is 17.5. The van der Waals surface area contributed by atoms with Gasteiger partial charge in [0, 0.05) is 31.4 Å². The molecule has 3 aliphatic rings. The molecule has 1 saturated carbocycles. The van der Waals surface area contributed by atoms with Crippen molar-refractivity contribution in [3.8, 4) is 0 Å². The van der Waals surface area contributed by atoms with E-state index >= 15 is 0 Å². The molecule has 1 aliphatic carbocycles. The molecule has 2 saturated heterocycles. The number of fused-ring (bicyclic) bond motifs is 1. The molecule has 4 heterocycles. The maximum atomic E-state index is 4.58. The molecule has 2 aliphatic heterocycles. The molecule has 1 unspecified atom stereocenters. The third-order valence-electron chi connectivity index (χ3n) is 6.73. The van der Waals surface area contributed by atoms with Crippen LogP contribution in [0.2, 0.25) is 0 Å². The summed E-state index contributed by atoms with van der Waals surface area (Å²) < 4.78 is 4.23. The van der Waals surface area contributed by atoms with Crippen LogP contribution in [-0.2, 0) is 13.1 Å². The van der Waals surface area contributed by atoms with Gasteiger partial charge >= 0.3 is 0 Å². The van der Waals surface area contributed by atoms with Gasteiger partial charge in [-0.3, -0.25) is 4.68 Å². The molecule has 2 aromatic heterocycles. The molecule has 0 aromatic carbocycles. The molecular formula is C19H31Cl2N7. The number of hydrogen-bond acceptors (Lipinski definition) is 5. The summed E-state index contributed by atoms with van der Waals surface area (Å²) >= 11 is 0. The summed E-state index contributed by atoms with van der Waals surface area (Å²) in [6.45, 7) is 10.1. The van der Waals surface area contributed by atoms with Gasteiger partial charge in [0.1, 0.15) is 12.4 Å². The first kappa shape index (κ1) is 21.6. The Labute approximate surface area is 179 Å². The van der Waals surface area contributed by atoms with Gasteiger partial charge in [-0.25, -0.2) is 0 Å². The quantitative estimate of drug-likeness (QED) is 0.763.